The molecule has 21 heavy (non-hydrogen) atoms. The SMILES string of the molecule is CCNC(c1ccc(OC)cc1OC)C1CCC(C)CC1. The third-order valence-electron chi connectivity index (χ3n) is 4.73. The number of nitrogens with one attached hydrogen (secondary N) is 1. The molecule has 0 heterocycles. The summed E-state index contributed by atoms with van der Waals surface area (Å²) in [5.74, 6) is 3.35. The zero-order valence-corrected chi connectivity index (χ0v) is 13.8. The van der Waals surface area contributed by atoms with Crippen molar-refractivity contribution in [2.75, 3.05) is 20.8 Å². The Hall–Kier alpha value is -1.22. The van der Waals surface area contributed by atoms with Crippen molar-refractivity contribution in [3.8, 4) is 11.5 Å². The highest BCUT2D eigenvalue weighted by molar-refractivity contribution is 5.42. The van der Waals surface area contributed by atoms with E-state index in [4.69, 9.17) is 9.47 Å². The van der Waals surface area contributed by atoms with Crippen LogP contribution in [0.5, 0.6) is 11.5 Å². The third-order valence-corrected chi connectivity index (χ3v) is 4.73. The summed E-state index contributed by atoms with van der Waals surface area (Å²) >= 11 is 0. The fourth-order valence-corrected chi connectivity index (χ4v) is 3.45. The molecule has 1 unspecified atom stereocenters. The summed E-state index contributed by atoms with van der Waals surface area (Å²) in [5.41, 5.74) is 1.26. The maximum Gasteiger partial charge on any atom is 0.127 e. The molecular formula is C18H29NO2. The van der Waals surface area contributed by atoms with Crippen LogP contribution in [-0.4, -0.2) is 20.8 Å². The van der Waals surface area contributed by atoms with Crippen molar-refractivity contribution in [1.82, 2.24) is 5.32 Å². The van der Waals surface area contributed by atoms with Gasteiger partial charge in [-0.05, 0) is 37.3 Å². The molecule has 0 spiro atoms. The van der Waals surface area contributed by atoms with E-state index in [0.29, 0.717) is 12.0 Å². The van der Waals surface area contributed by atoms with E-state index in [1.54, 1.807) is 14.2 Å². The monoisotopic (exact) mass is 291 g/mol. The minimum absolute atomic E-state index is 0.378. The molecule has 1 saturated carbocycles. The van der Waals surface area contributed by atoms with Crippen molar-refractivity contribution >= 4 is 0 Å². The van der Waals surface area contributed by atoms with Crippen LogP contribution >= 0.6 is 0 Å². The van der Waals surface area contributed by atoms with E-state index in [1.165, 1.54) is 31.2 Å². The number of hydrogen-bond acceptors (Lipinski definition) is 3. The molecule has 3 heteroatoms. The Morgan fingerprint density at radius 3 is 2.43 bits per heavy atom. The van der Waals surface area contributed by atoms with Gasteiger partial charge in [-0.2, -0.15) is 0 Å². The molecule has 1 aromatic carbocycles. The van der Waals surface area contributed by atoms with Gasteiger partial charge >= 0.3 is 0 Å². The summed E-state index contributed by atoms with van der Waals surface area (Å²) in [6.07, 6.45) is 5.28. The van der Waals surface area contributed by atoms with Gasteiger partial charge < -0.3 is 14.8 Å². The molecule has 1 aliphatic carbocycles. The second kappa shape index (κ2) is 7.69. The Kier molecular flexibility index (Phi) is 5.92. The zero-order chi connectivity index (χ0) is 15.2. The average molecular weight is 291 g/mol. The van der Waals surface area contributed by atoms with Gasteiger partial charge in [-0.15, -0.1) is 0 Å². The van der Waals surface area contributed by atoms with E-state index in [0.717, 1.165) is 24.0 Å². The standard InChI is InChI=1S/C18H29NO2/c1-5-19-18(14-8-6-13(2)7-9-14)16-11-10-15(20-3)12-17(16)21-4/h10-14,18-19H,5-9H2,1-4H3. The molecule has 1 aromatic rings. The van der Waals surface area contributed by atoms with E-state index in [1.807, 2.05) is 12.1 Å². The molecule has 0 saturated heterocycles. The summed E-state index contributed by atoms with van der Waals surface area (Å²) < 4.78 is 10.9. The first-order chi connectivity index (χ1) is 10.2. The zero-order valence-electron chi connectivity index (χ0n) is 13.8. The molecule has 118 valence electrons. The van der Waals surface area contributed by atoms with Gasteiger partial charge in [-0.3, -0.25) is 0 Å². The molecule has 1 N–H and O–H groups in total. The number of methoxy groups -OCH3 is 2. The highest BCUT2D eigenvalue weighted by Gasteiger charge is 2.28. The smallest absolute Gasteiger partial charge is 0.127 e. The number of hydrogen-bond donors (Lipinski definition) is 1. The predicted octanol–water partition coefficient (Wildman–Crippen LogP) is 4.18. The topological polar surface area (TPSA) is 30.5 Å². The molecule has 3 nitrogen and oxygen atoms in total. The number of ether oxygens (including phenoxy) is 2. The van der Waals surface area contributed by atoms with Gasteiger partial charge in [0.05, 0.1) is 14.2 Å². The van der Waals surface area contributed by atoms with Crippen molar-refractivity contribution in [2.24, 2.45) is 11.8 Å². The third kappa shape index (κ3) is 3.91. The molecule has 0 bridgehead atoms. The summed E-state index contributed by atoms with van der Waals surface area (Å²) in [4.78, 5) is 0. The molecule has 0 radical (unpaired) electrons. The summed E-state index contributed by atoms with van der Waals surface area (Å²) in [5, 5.41) is 3.67. The van der Waals surface area contributed by atoms with Crippen LogP contribution in [0.25, 0.3) is 0 Å². The maximum absolute atomic E-state index is 5.61. The number of rotatable bonds is 6. The molecule has 1 aliphatic rings. The Morgan fingerprint density at radius 1 is 1.14 bits per heavy atom. The predicted molar refractivity (Wildman–Crippen MR) is 87.1 cm³/mol. The highest BCUT2D eigenvalue weighted by atomic mass is 16.5. The second-order valence-corrected chi connectivity index (χ2v) is 6.16. The largest absolute Gasteiger partial charge is 0.497 e. The van der Waals surface area contributed by atoms with Gasteiger partial charge in [0.1, 0.15) is 11.5 Å². The highest BCUT2D eigenvalue weighted by Crippen LogP contribution is 2.40. The minimum Gasteiger partial charge on any atom is -0.497 e. The Balaban J connectivity index is 2.24. The molecule has 2 rings (SSSR count). The minimum atomic E-state index is 0.378. The first-order valence-corrected chi connectivity index (χ1v) is 8.14. The normalized spacial score (nSPS) is 23.6. The summed E-state index contributed by atoms with van der Waals surface area (Å²) in [7, 11) is 3.43. The van der Waals surface area contributed by atoms with Crippen LogP contribution in [0.1, 0.15) is 51.1 Å². The van der Waals surface area contributed by atoms with Gasteiger partial charge in [0, 0.05) is 17.7 Å². The van der Waals surface area contributed by atoms with Crippen molar-refractivity contribution in [1.29, 1.82) is 0 Å². The Bertz CT molecular complexity index is 439. The average Bonchev–Trinajstić information content (AvgIpc) is 2.53. The van der Waals surface area contributed by atoms with E-state index in [-0.39, 0.29) is 0 Å². The van der Waals surface area contributed by atoms with Crippen molar-refractivity contribution in [3.63, 3.8) is 0 Å². The number of benzene rings is 1. The van der Waals surface area contributed by atoms with Crippen LogP contribution in [0.4, 0.5) is 0 Å². The quantitative estimate of drug-likeness (QED) is 0.853. The lowest BCUT2D eigenvalue weighted by Crippen LogP contribution is -2.31. The summed E-state index contributed by atoms with van der Waals surface area (Å²) in [6.45, 7) is 5.52. The fourth-order valence-electron chi connectivity index (χ4n) is 3.45. The van der Waals surface area contributed by atoms with Gasteiger partial charge in [0.25, 0.3) is 0 Å². The molecular weight excluding hydrogens is 262 g/mol. The molecule has 1 atom stereocenters. The van der Waals surface area contributed by atoms with Gasteiger partial charge in [-0.25, -0.2) is 0 Å². The van der Waals surface area contributed by atoms with Crippen LogP contribution in [-0.2, 0) is 0 Å². The van der Waals surface area contributed by atoms with Crippen molar-refractivity contribution < 1.29 is 9.47 Å². The van der Waals surface area contributed by atoms with Crippen LogP contribution in [0.2, 0.25) is 0 Å². The lowest BCUT2D eigenvalue weighted by atomic mass is 9.77. The van der Waals surface area contributed by atoms with Crippen LogP contribution in [0, 0.1) is 11.8 Å². The van der Waals surface area contributed by atoms with Gasteiger partial charge in [0.15, 0.2) is 0 Å². The molecule has 0 aliphatic heterocycles. The van der Waals surface area contributed by atoms with Gasteiger partial charge in [-0.1, -0.05) is 32.8 Å². The molecule has 0 amide bonds. The van der Waals surface area contributed by atoms with E-state index >= 15 is 0 Å². The summed E-state index contributed by atoms with van der Waals surface area (Å²) in [6, 6.07) is 6.56. The molecule has 1 fully saturated rings. The van der Waals surface area contributed by atoms with Crippen LogP contribution in [0.3, 0.4) is 0 Å². The fraction of sp³-hybridized carbons (Fsp3) is 0.667. The molecule has 0 aromatic heterocycles. The van der Waals surface area contributed by atoms with E-state index in [2.05, 4.69) is 25.2 Å². The maximum atomic E-state index is 5.61. The van der Waals surface area contributed by atoms with Crippen LogP contribution < -0.4 is 14.8 Å². The second-order valence-electron chi connectivity index (χ2n) is 6.16. The van der Waals surface area contributed by atoms with Gasteiger partial charge in [0.2, 0.25) is 0 Å². The Labute approximate surface area is 129 Å². The first kappa shape index (κ1) is 16.2. The van der Waals surface area contributed by atoms with Crippen LogP contribution in [0.15, 0.2) is 18.2 Å². The van der Waals surface area contributed by atoms with Crippen molar-refractivity contribution in [2.45, 2.75) is 45.6 Å². The lowest BCUT2D eigenvalue weighted by Gasteiger charge is -2.34. The van der Waals surface area contributed by atoms with E-state index in [9.17, 15) is 0 Å². The first-order valence-electron chi connectivity index (χ1n) is 8.14. The van der Waals surface area contributed by atoms with E-state index < -0.39 is 0 Å². The lowest BCUT2D eigenvalue weighted by molar-refractivity contribution is 0.229. The Morgan fingerprint density at radius 2 is 1.86 bits per heavy atom. The van der Waals surface area contributed by atoms with Crippen molar-refractivity contribution in [3.05, 3.63) is 23.8 Å².